The number of aryl methyl sites for hydroxylation is 1. The number of benzene rings is 1. The first-order chi connectivity index (χ1) is 9.74. The van der Waals surface area contributed by atoms with Crippen molar-refractivity contribution < 1.29 is 9.53 Å². The Hall–Kier alpha value is -1.39. The van der Waals surface area contributed by atoms with E-state index in [1.54, 1.807) is 0 Å². The van der Waals surface area contributed by atoms with Gasteiger partial charge in [0, 0.05) is 26.2 Å². The third kappa shape index (κ3) is 5.31. The molecule has 0 radical (unpaired) electrons. The van der Waals surface area contributed by atoms with Gasteiger partial charge in [-0.05, 0) is 25.5 Å². The van der Waals surface area contributed by atoms with E-state index < -0.39 is 0 Å². The maximum Gasteiger partial charge on any atom is 0.320 e. The topological polar surface area (TPSA) is 32.8 Å². The average Bonchev–Trinajstić information content (AvgIpc) is 2.47. The third-order valence-electron chi connectivity index (χ3n) is 3.66. The number of piperazine rings is 1. The molecule has 1 aliphatic heterocycles. The van der Waals surface area contributed by atoms with Crippen molar-refractivity contribution in [1.29, 1.82) is 0 Å². The molecule has 0 amide bonds. The minimum Gasteiger partial charge on any atom is -0.465 e. The van der Waals surface area contributed by atoms with Crippen molar-refractivity contribution in [2.24, 2.45) is 0 Å². The zero-order valence-electron chi connectivity index (χ0n) is 12.3. The first-order valence-corrected chi connectivity index (χ1v) is 7.34. The van der Waals surface area contributed by atoms with Gasteiger partial charge in [-0.2, -0.15) is 0 Å². The Labute approximate surface area is 121 Å². The minimum atomic E-state index is -0.0948. The van der Waals surface area contributed by atoms with Crippen LogP contribution in [0.3, 0.4) is 0 Å². The number of rotatable bonds is 6. The summed E-state index contributed by atoms with van der Waals surface area (Å²) in [7, 11) is 2.11. The van der Waals surface area contributed by atoms with Gasteiger partial charge < -0.3 is 9.64 Å². The van der Waals surface area contributed by atoms with Crippen LogP contribution < -0.4 is 0 Å². The van der Waals surface area contributed by atoms with Crippen LogP contribution >= 0.6 is 0 Å². The second-order valence-corrected chi connectivity index (χ2v) is 5.39. The van der Waals surface area contributed by atoms with Crippen molar-refractivity contribution in [2.45, 2.75) is 12.8 Å². The molecule has 1 aromatic rings. The number of carbonyl (C=O) groups excluding carboxylic acids is 1. The largest absolute Gasteiger partial charge is 0.465 e. The van der Waals surface area contributed by atoms with E-state index in [-0.39, 0.29) is 5.97 Å². The van der Waals surface area contributed by atoms with E-state index >= 15 is 0 Å². The van der Waals surface area contributed by atoms with E-state index in [4.69, 9.17) is 4.74 Å². The van der Waals surface area contributed by atoms with Crippen molar-refractivity contribution in [3.63, 3.8) is 0 Å². The summed E-state index contributed by atoms with van der Waals surface area (Å²) in [6, 6.07) is 10.3. The number of ether oxygens (including phenoxy) is 1. The molecule has 0 bridgehead atoms. The van der Waals surface area contributed by atoms with Gasteiger partial charge >= 0.3 is 5.97 Å². The average molecular weight is 276 g/mol. The fourth-order valence-corrected chi connectivity index (χ4v) is 2.34. The Kier molecular flexibility index (Phi) is 6.02. The fraction of sp³-hybridized carbons (Fsp3) is 0.562. The molecule has 4 heteroatoms. The van der Waals surface area contributed by atoms with Gasteiger partial charge in [-0.15, -0.1) is 0 Å². The van der Waals surface area contributed by atoms with Gasteiger partial charge in [0.15, 0.2) is 0 Å². The molecule has 0 aliphatic carbocycles. The van der Waals surface area contributed by atoms with Crippen LogP contribution in [0.15, 0.2) is 30.3 Å². The molecule has 0 atom stereocenters. The van der Waals surface area contributed by atoms with Gasteiger partial charge in [-0.3, -0.25) is 9.69 Å². The molecular weight excluding hydrogens is 252 g/mol. The zero-order valence-corrected chi connectivity index (χ0v) is 12.3. The van der Waals surface area contributed by atoms with Crippen LogP contribution in [-0.4, -0.2) is 62.1 Å². The van der Waals surface area contributed by atoms with Gasteiger partial charge in [0.05, 0.1) is 13.2 Å². The Morgan fingerprint density at radius 3 is 2.55 bits per heavy atom. The lowest BCUT2D eigenvalue weighted by Gasteiger charge is -2.31. The van der Waals surface area contributed by atoms with E-state index in [2.05, 4.69) is 29.0 Å². The molecule has 1 aromatic carbocycles. The maximum absolute atomic E-state index is 11.7. The van der Waals surface area contributed by atoms with Crippen LogP contribution in [0.1, 0.15) is 12.0 Å². The highest BCUT2D eigenvalue weighted by atomic mass is 16.5. The summed E-state index contributed by atoms with van der Waals surface area (Å²) in [6.07, 6.45) is 1.85. The second kappa shape index (κ2) is 8.02. The summed E-state index contributed by atoms with van der Waals surface area (Å²) in [6.45, 7) is 4.91. The van der Waals surface area contributed by atoms with Crippen molar-refractivity contribution in [3.8, 4) is 0 Å². The molecule has 1 fully saturated rings. The van der Waals surface area contributed by atoms with Crippen LogP contribution in [0.25, 0.3) is 0 Å². The second-order valence-electron chi connectivity index (χ2n) is 5.39. The fourth-order valence-electron chi connectivity index (χ4n) is 2.34. The summed E-state index contributed by atoms with van der Waals surface area (Å²) in [4.78, 5) is 16.2. The van der Waals surface area contributed by atoms with Crippen LogP contribution in [0.4, 0.5) is 0 Å². The summed E-state index contributed by atoms with van der Waals surface area (Å²) >= 11 is 0. The van der Waals surface area contributed by atoms with Gasteiger partial charge in [-0.1, -0.05) is 30.3 Å². The van der Waals surface area contributed by atoms with Crippen LogP contribution in [0, 0.1) is 0 Å². The Bertz CT molecular complexity index is 400. The summed E-state index contributed by atoms with van der Waals surface area (Å²) in [5.74, 6) is -0.0948. The highest BCUT2D eigenvalue weighted by molar-refractivity contribution is 5.71. The monoisotopic (exact) mass is 276 g/mol. The number of hydrogen-bond donors (Lipinski definition) is 0. The summed E-state index contributed by atoms with van der Waals surface area (Å²) in [5.41, 5.74) is 1.29. The molecule has 4 nitrogen and oxygen atoms in total. The Morgan fingerprint density at radius 2 is 1.85 bits per heavy atom. The van der Waals surface area contributed by atoms with Gasteiger partial charge in [0.2, 0.25) is 0 Å². The number of esters is 1. The molecule has 1 saturated heterocycles. The Morgan fingerprint density at radius 1 is 1.15 bits per heavy atom. The smallest absolute Gasteiger partial charge is 0.320 e. The molecule has 1 heterocycles. The van der Waals surface area contributed by atoms with Crippen molar-refractivity contribution in [1.82, 2.24) is 9.80 Å². The summed E-state index contributed by atoms with van der Waals surface area (Å²) in [5, 5.41) is 0. The predicted octanol–water partition coefficient (Wildman–Crippen LogP) is 1.41. The highest BCUT2D eigenvalue weighted by Gasteiger charge is 2.16. The zero-order chi connectivity index (χ0) is 14.2. The quantitative estimate of drug-likeness (QED) is 0.581. The molecule has 1 aliphatic rings. The predicted molar refractivity (Wildman–Crippen MR) is 79.7 cm³/mol. The normalized spacial score (nSPS) is 17.1. The van der Waals surface area contributed by atoms with Crippen LogP contribution in [0.5, 0.6) is 0 Å². The molecule has 110 valence electrons. The van der Waals surface area contributed by atoms with E-state index in [9.17, 15) is 4.79 Å². The Balaban J connectivity index is 1.56. The lowest BCUT2D eigenvalue weighted by Crippen LogP contribution is -2.46. The number of hydrogen-bond acceptors (Lipinski definition) is 4. The van der Waals surface area contributed by atoms with Crippen molar-refractivity contribution in [3.05, 3.63) is 35.9 Å². The van der Waals surface area contributed by atoms with Gasteiger partial charge in [0.1, 0.15) is 0 Å². The van der Waals surface area contributed by atoms with Gasteiger partial charge in [-0.25, -0.2) is 0 Å². The molecule has 0 unspecified atom stereocenters. The number of nitrogens with zero attached hydrogens (tertiary/aromatic N) is 2. The van der Waals surface area contributed by atoms with E-state index in [1.165, 1.54) is 5.56 Å². The lowest BCUT2D eigenvalue weighted by atomic mass is 10.1. The van der Waals surface area contributed by atoms with Crippen LogP contribution in [0.2, 0.25) is 0 Å². The standard InChI is InChI=1S/C16H24N2O2/c1-17-9-11-18(12-10-17)14-16(19)20-13-5-8-15-6-3-2-4-7-15/h2-4,6-7H,5,8-14H2,1H3. The maximum atomic E-state index is 11.7. The third-order valence-corrected chi connectivity index (χ3v) is 3.66. The molecule has 0 N–H and O–H groups in total. The number of likely N-dealkylation sites (N-methyl/N-ethyl adjacent to an activating group) is 1. The van der Waals surface area contributed by atoms with E-state index in [1.807, 2.05) is 18.2 Å². The molecule has 0 spiro atoms. The minimum absolute atomic E-state index is 0.0948. The molecule has 0 aromatic heterocycles. The van der Waals surface area contributed by atoms with E-state index in [0.717, 1.165) is 39.0 Å². The molecule has 0 saturated carbocycles. The van der Waals surface area contributed by atoms with E-state index in [0.29, 0.717) is 13.2 Å². The molecule has 2 rings (SSSR count). The van der Waals surface area contributed by atoms with Gasteiger partial charge in [0.25, 0.3) is 0 Å². The SMILES string of the molecule is CN1CCN(CC(=O)OCCCc2ccccc2)CC1. The number of carbonyl (C=O) groups is 1. The van der Waals surface area contributed by atoms with Crippen LogP contribution in [-0.2, 0) is 16.0 Å². The molecule has 20 heavy (non-hydrogen) atoms. The first-order valence-electron chi connectivity index (χ1n) is 7.34. The molecular formula is C16H24N2O2. The highest BCUT2D eigenvalue weighted by Crippen LogP contribution is 2.03. The first kappa shape index (κ1) is 15.0. The summed E-state index contributed by atoms with van der Waals surface area (Å²) < 4.78 is 5.30. The van der Waals surface area contributed by atoms with Crippen molar-refractivity contribution in [2.75, 3.05) is 46.4 Å². The lowest BCUT2D eigenvalue weighted by molar-refractivity contribution is -0.145. The van der Waals surface area contributed by atoms with Crippen molar-refractivity contribution >= 4 is 5.97 Å².